The standard InChI is InChI=1S/C11H19NO5/c1-16-11(3-2-4-11)7-9(13)12-5-6-17-8-10(14)15/h2-8H2,1H3,(H,12,13)(H,14,15). The number of hydrogen-bond acceptors (Lipinski definition) is 4. The Bertz CT molecular complexity index is 270. The van der Waals surface area contributed by atoms with E-state index in [0.717, 1.165) is 19.3 Å². The van der Waals surface area contributed by atoms with Crippen molar-refractivity contribution in [3.8, 4) is 0 Å². The molecule has 0 aliphatic heterocycles. The van der Waals surface area contributed by atoms with Gasteiger partial charge in [-0.2, -0.15) is 0 Å². The lowest BCUT2D eigenvalue weighted by Gasteiger charge is -2.39. The highest BCUT2D eigenvalue weighted by Gasteiger charge is 2.38. The predicted octanol–water partition coefficient (Wildman–Crippen LogP) is 0.163. The number of carbonyl (C=O) groups excluding carboxylic acids is 1. The van der Waals surface area contributed by atoms with Gasteiger partial charge in [-0.15, -0.1) is 0 Å². The van der Waals surface area contributed by atoms with Crippen molar-refractivity contribution in [2.24, 2.45) is 0 Å². The predicted molar refractivity (Wildman–Crippen MR) is 59.7 cm³/mol. The first-order valence-electron chi connectivity index (χ1n) is 5.69. The fourth-order valence-electron chi connectivity index (χ4n) is 1.80. The summed E-state index contributed by atoms with van der Waals surface area (Å²) in [6, 6.07) is 0. The van der Waals surface area contributed by atoms with Crippen LogP contribution in [0, 0.1) is 0 Å². The third kappa shape index (κ3) is 4.70. The van der Waals surface area contributed by atoms with Crippen molar-refractivity contribution in [1.29, 1.82) is 0 Å². The molecular formula is C11H19NO5. The summed E-state index contributed by atoms with van der Waals surface area (Å²) in [6.07, 6.45) is 3.31. The molecule has 1 aliphatic carbocycles. The first-order valence-corrected chi connectivity index (χ1v) is 5.69. The minimum absolute atomic E-state index is 0.0783. The van der Waals surface area contributed by atoms with Gasteiger partial charge < -0.3 is 19.9 Å². The van der Waals surface area contributed by atoms with Gasteiger partial charge in [-0.25, -0.2) is 4.79 Å². The third-order valence-electron chi connectivity index (χ3n) is 2.97. The maximum Gasteiger partial charge on any atom is 0.329 e. The first-order chi connectivity index (χ1) is 8.08. The van der Waals surface area contributed by atoms with Crippen LogP contribution in [0.4, 0.5) is 0 Å². The molecule has 0 spiro atoms. The van der Waals surface area contributed by atoms with Crippen molar-refractivity contribution in [1.82, 2.24) is 5.32 Å². The smallest absolute Gasteiger partial charge is 0.329 e. The van der Waals surface area contributed by atoms with Crippen LogP contribution < -0.4 is 5.32 Å². The number of rotatable bonds is 8. The molecule has 0 radical (unpaired) electrons. The minimum atomic E-state index is -1.01. The topological polar surface area (TPSA) is 84.9 Å². The molecule has 0 aromatic heterocycles. The molecule has 0 atom stereocenters. The molecule has 1 saturated carbocycles. The summed E-state index contributed by atoms with van der Waals surface area (Å²) < 4.78 is 10.1. The lowest BCUT2D eigenvalue weighted by atomic mass is 9.77. The van der Waals surface area contributed by atoms with Crippen LogP contribution >= 0.6 is 0 Å². The summed E-state index contributed by atoms with van der Waals surface area (Å²) in [5, 5.41) is 11.0. The van der Waals surface area contributed by atoms with Crippen LogP contribution in [0.1, 0.15) is 25.7 Å². The Labute approximate surface area is 100 Å². The van der Waals surface area contributed by atoms with Gasteiger partial charge in [-0.3, -0.25) is 4.79 Å². The van der Waals surface area contributed by atoms with Gasteiger partial charge in [0.25, 0.3) is 0 Å². The fraction of sp³-hybridized carbons (Fsp3) is 0.818. The summed E-state index contributed by atoms with van der Waals surface area (Å²) in [5.74, 6) is -1.09. The second-order valence-electron chi connectivity index (χ2n) is 4.21. The summed E-state index contributed by atoms with van der Waals surface area (Å²) >= 11 is 0. The van der Waals surface area contributed by atoms with Gasteiger partial charge in [0.15, 0.2) is 0 Å². The molecular weight excluding hydrogens is 226 g/mol. The van der Waals surface area contributed by atoms with Crippen LogP contribution in [0.5, 0.6) is 0 Å². The van der Waals surface area contributed by atoms with Crippen LogP contribution in [0.15, 0.2) is 0 Å². The van der Waals surface area contributed by atoms with Gasteiger partial charge in [0.05, 0.1) is 18.6 Å². The monoisotopic (exact) mass is 245 g/mol. The van der Waals surface area contributed by atoms with Crippen molar-refractivity contribution in [2.45, 2.75) is 31.3 Å². The largest absolute Gasteiger partial charge is 0.480 e. The number of carbonyl (C=O) groups is 2. The first kappa shape index (κ1) is 13.9. The molecule has 0 unspecified atom stereocenters. The maximum absolute atomic E-state index is 11.5. The number of aliphatic carboxylic acids is 1. The van der Waals surface area contributed by atoms with E-state index in [0.29, 0.717) is 13.0 Å². The number of carboxylic acids is 1. The van der Waals surface area contributed by atoms with Crippen molar-refractivity contribution in [2.75, 3.05) is 26.9 Å². The number of amides is 1. The van der Waals surface area contributed by atoms with E-state index in [2.05, 4.69) is 5.32 Å². The van der Waals surface area contributed by atoms with Crippen LogP contribution in [-0.2, 0) is 19.1 Å². The zero-order valence-corrected chi connectivity index (χ0v) is 10.0. The van der Waals surface area contributed by atoms with E-state index in [4.69, 9.17) is 14.6 Å². The number of carboxylic acid groups (broad SMARTS) is 1. The molecule has 6 heteroatoms. The van der Waals surface area contributed by atoms with E-state index in [1.807, 2.05) is 0 Å². The summed E-state index contributed by atoms with van der Waals surface area (Å²) in [7, 11) is 1.63. The Morgan fingerprint density at radius 3 is 2.59 bits per heavy atom. The molecule has 1 aliphatic rings. The summed E-state index contributed by atoms with van der Waals surface area (Å²) in [6.45, 7) is 0.196. The Kier molecular flexibility index (Phi) is 5.37. The van der Waals surface area contributed by atoms with Crippen molar-refractivity contribution in [3.05, 3.63) is 0 Å². The van der Waals surface area contributed by atoms with Gasteiger partial charge >= 0.3 is 5.97 Å². The quantitative estimate of drug-likeness (QED) is 0.595. The number of ether oxygens (including phenoxy) is 2. The van der Waals surface area contributed by atoms with Crippen molar-refractivity contribution in [3.63, 3.8) is 0 Å². The van der Waals surface area contributed by atoms with Crippen LogP contribution in [0.3, 0.4) is 0 Å². The van der Waals surface area contributed by atoms with E-state index < -0.39 is 5.97 Å². The van der Waals surface area contributed by atoms with Gasteiger partial charge in [0, 0.05) is 13.7 Å². The number of nitrogens with one attached hydrogen (secondary N) is 1. The molecule has 17 heavy (non-hydrogen) atoms. The molecule has 0 heterocycles. The molecule has 1 amide bonds. The van der Waals surface area contributed by atoms with Gasteiger partial charge in [-0.05, 0) is 19.3 Å². The van der Waals surface area contributed by atoms with Crippen molar-refractivity contribution < 1.29 is 24.2 Å². The minimum Gasteiger partial charge on any atom is -0.480 e. The van der Waals surface area contributed by atoms with Crippen LogP contribution in [-0.4, -0.2) is 49.5 Å². The van der Waals surface area contributed by atoms with E-state index in [1.54, 1.807) is 7.11 Å². The van der Waals surface area contributed by atoms with Gasteiger partial charge in [0.1, 0.15) is 6.61 Å². The normalized spacial score (nSPS) is 17.2. The molecule has 0 bridgehead atoms. The van der Waals surface area contributed by atoms with Crippen LogP contribution in [0.2, 0.25) is 0 Å². The Morgan fingerprint density at radius 1 is 1.41 bits per heavy atom. The second kappa shape index (κ2) is 6.56. The second-order valence-corrected chi connectivity index (χ2v) is 4.21. The van der Waals surface area contributed by atoms with Gasteiger partial charge in [-0.1, -0.05) is 0 Å². The van der Waals surface area contributed by atoms with E-state index >= 15 is 0 Å². The molecule has 6 nitrogen and oxygen atoms in total. The third-order valence-corrected chi connectivity index (χ3v) is 2.97. The molecule has 1 rings (SSSR count). The Morgan fingerprint density at radius 2 is 2.12 bits per heavy atom. The highest BCUT2D eigenvalue weighted by atomic mass is 16.5. The lowest BCUT2D eigenvalue weighted by Crippen LogP contribution is -2.44. The molecule has 0 aromatic rings. The average molecular weight is 245 g/mol. The average Bonchev–Trinajstić information content (AvgIpc) is 2.22. The highest BCUT2D eigenvalue weighted by Crippen LogP contribution is 2.37. The van der Waals surface area contributed by atoms with E-state index in [9.17, 15) is 9.59 Å². The highest BCUT2D eigenvalue weighted by molar-refractivity contribution is 5.77. The van der Waals surface area contributed by atoms with E-state index in [-0.39, 0.29) is 24.7 Å². The molecule has 0 aromatic carbocycles. The summed E-state index contributed by atoms with van der Waals surface area (Å²) in [5.41, 5.74) is -0.272. The number of hydrogen-bond donors (Lipinski definition) is 2. The zero-order chi connectivity index (χ0) is 12.7. The van der Waals surface area contributed by atoms with E-state index in [1.165, 1.54) is 0 Å². The Balaban J connectivity index is 2.07. The zero-order valence-electron chi connectivity index (χ0n) is 10.0. The van der Waals surface area contributed by atoms with Crippen LogP contribution in [0.25, 0.3) is 0 Å². The SMILES string of the molecule is COC1(CC(=O)NCCOCC(=O)O)CCC1. The molecule has 2 N–H and O–H groups in total. The number of methoxy groups -OCH3 is 1. The van der Waals surface area contributed by atoms with Gasteiger partial charge in [0.2, 0.25) is 5.91 Å². The fourth-order valence-corrected chi connectivity index (χ4v) is 1.80. The maximum atomic E-state index is 11.5. The van der Waals surface area contributed by atoms with Crippen molar-refractivity contribution >= 4 is 11.9 Å². The molecule has 0 saturated heterocycles. The lowest BCUT2D eigenvalue weighted by molar-refractivity contribution is -0.142. The molecule has 1 fully saturated rings. The Hall–Kier alpha value is -1.14. The molecule has 98 valence electrons. The summed E-state index contributed by atoms with van der Waals surface area (Å²) in [4.78, 5) is 21.7.